The van der Waals surface area contributed by atoms with E-state index >= 15 is 0 Å². The first kappa shape index (κ1) is 14.5. The molecule has 21 heavy (non-hydrogen) atoms. The summed E-state index contributed by atoms with van der Waals surface area (Å²) in [6, 6.07) is 10.5. The normalized spacial score (nSPS) is 29.9. The summed E-state index contributed by atoms with van der Waals surface area (Å²) in [6.07, 6.45) is 3.22. The van der Waals surface area contributed by atoms with Crippen LogP contribution >= 0.6 is 0 Å². The number of amides is 1. The number of nitrogens with zero attached hydrogens (tertiary/aromatic N) is 1. The molecule has 0 aliphatic carbocycles. The van der Waals surface area contributed by atoms with Crippen LogP contribution in [0.5, 0.6) is 0 Å². The summed E-state index contributed by atoms with van der Waals surface area (Å²) in [5.74, 6) is 0.240. The molecule has 0 aromatic heterocycles. The molecule has 2 heterocycles. The number of benzene rings is 1. The van der Waals surface area contributed by atoms with E-state index < -0.39 is 0 Å². The number of piperidine rings is 1. The molecule has 114 valence electrons. The van der Waals surface area contributed by atoms with Gasteiger partial charge in [-0.2, -0.15) is 0 Å². The van der Waals surface area contributed by atoms with Crippen molar-refractivity contribution in [2.45, 2.75) is 50.9 Å². The summed E-state index contributed by atoms with van der Waals surface area (Å²) in [7, 11) is 0. The lowest BCUT2D eigenvalue weighted by atomic mass is 10.0. The van der Waals surface area contributed by atoms with Gasteiger partial charge in [-0.15, -0.1) is 0 Å². The van der Waals surface area contributed by atoms with Gasteiger partial charge in [0, 0.05) is 25.7 Å². The average Bonchev–Trinajstić information content (AvgIpc) is 2.90. The zero-order valence-corrected chi connectivity index (χ0v) is 12.6. The second-order valence-corrected chi connectivity index (χ2v) is 6.08. The number of hydrogen-bond acceptors (Lipinski definition) is 3. The van der Waals surface area contributed by atoms with Crippen molar-refractivity contribution in [2.75, 3.05) is 13.2 Å². The Kier molecular flexibility index (Phi) is 4.56. The first-order valence-corrected chi connectivity index (χ1v) is 7.94. The van der Waals surface area contributed by atoms with Crippen LogP contribution in [0, 0.1) is 0 Å². The Morgan fingerprint density at radius 2 is 2.10 bits per heavy atom. The van der Waals surface area contributed by atoms with Gasteiger partial charge in [-0.05, 0) is 31.7 Å². The van der Waals surface area contributed by atoms with Crippen molar-refractivity contribution in [1.82, 2.24) is 10.2 Å². The Hall–Kier alpha value is -1.39. The molecular weight excluding hydrogens is 264 g/mol. The zero-order valence-electron chi connectivity index (χ0n) is 12.6. The van der Waals surface area contributed by atoms with Gasteiger partial charge in [0.15, 0.2) is 0 Å². The Balaban J connectivity index is 1.60. The summed E-state index contributed by atoms with van der Waals surface area (Å²) in [5, 5.41) is 3.52. The predicted molar refractivity (Wildman–Crippen MR) is 81.8 cm³/mol. The lowest BCUT2D eigenvalue weighted by molar-refractivity contribution is -0.137. The maximum Gasteiger partial charge on any atom is 0.240 e. The maximum absolute atomic E-state index is 12.6. The molecule has 1 N–H and O–H groups in total. The van der Waals surface area contributed by atoms with E-state index in [9.17, 15) is 4.79 Å². The van der Waals surface area contributed by atoms with Crippen LogP contribution in [0.4, 0.5) is 0 Å². The van der Waals surface area contributed by atoms with Gasteiger partial charge in [-0.25, -0.2) is 0 Å². The third-order valence-electron chi connectivity index (χ3n) is 4.54. The second-order valence-electron chi connectivity index (χ2n) is 6.08. The minimum Gasteiger partial charge on any atom is -0.377 e. The fourth-order valence-corrected chi connectivity index (χ4v) is 3.26. The van der Waals surface area contributed by atoms with Gasteiger partial charge in [-0.1, -0.05) is 30.3 Å². The number of nitrogens with one attached hydrogen (secondary N) is 1. The summed E-state index contributed by atoms with van der Waals surface area (Å²) >= 11 is 0. The molecule has 2 saturated heterocycles. The Morgan fingerprint density at radius 3 is 2.81 bits per heavy atom. The fraction of sp³-hybridized carbons (Fsp3) is 0.588. The van der Waals surface area contributed by atoms with Crippen molar-refractivity contribution in [1.29, 1.82) is 0 Å². The molecule has 0 unspecified atom stereocenters. The average molecular weight is 288 g/mol. The van der Waals surface area contributed by atoms with E-state index in [-0.39, 0.29) is 18.1 Å². The molecule has 4 heteroatoms. The van der Waals surface area contributed by atoms with Gasteiger partial charge in [0.1, 0.15) is 0 Å². The van der Waals surface area contributed by atoms with Crippen molar-refractivity contribution in [3.63, 3.8) is 0 Å². The molecule has 0 saturated carbocycles. The Labute approximate surface area is 126 Å². The molecule has 3 atom stereocenters. The molecule has 0 bridgehead atoms. The van der Waals surface area contributed by atoms with E-state index in [2.05, 4.69) is 24.4 Å². The monoisotopic (exact) mass is 288 g/mol. The van der Waals surface area contributed by atoms with Crippen LogP contribution in [0.15, 0.2) is 30.3 Å². The summed E-state index contributed by atoms with van der Waals surface area (Å²) in [5.41, 5.74) is 1.20. The van der Waals surface area contributed by atoms with Crippen molar-refractivity contribution in [3.8, 4) is 0 Å². The van der Waals surface area contributed by atoms with Crippen molar-refractivity contribution in [2.24, 2.45) is 0 Å². The molecule has 0 spiro atoms. The van der Waals surface area contributed by atoms with Crippen LogP contribution in [0.25, 0.3) is 0 Å². The highest BCUT2D eigenvalue weighted by Crippen LogP contribution is 2.19. The third-order valence-corrected chi connectivity index (χ3v) is 4.54. The van der Waals surface area contributed by atoms with Crippen LogP contribution in [0.1, 0.15) is 31.7 Å². The van der Waals surface area contributed by atoms with Crippen LogP contribution in [0.2, 0.25) is 0 Å². The van der Waals surface area contributed by atoms with Crippen molar-refractivity contribution in [3.05, 3.63) is 35.9 Å². The topological polar surface area (TPSA) is 41.6 Å². The molecule has 3 rings (SSSR count). The van der Waals surface area contributed by atoms with Crippen LogP contribution in [-0.4, -0.2) is 42.1 Å². The van der Waals surface area contributed by atoms with E-state index in [0.717, 1.165) is 32.4 Å². The predicted octanol–water partition coefficient (Wildman–Crippen LogP) is 1.94. The van der Waals surface area contributed by atoms with E-state index in [1.165, 1.54) is 5.56 Å². The standard InChI is InChI=1S/C17H24N2O2/c1-13-15(9-11-21-13)18-16-8-5-10-19(17(16)20)12-14-6-3-2-4-7-14/h2-4,6-7,13,15-16,18H,5,8-12H2,1H3/t13-,15-,16+/m0/s1. The highest BCUT2D eigenvalue weighted by molar-refractivity contribution is 5.82. The maximum atomic E-state index is 12.6. The Morgan fingerprint density at radius 1 is 1.29 bits per heavy atom. The minimum atomic E-state index is -0.0448. The van der Waals surface area contributed by atoms with Crippen molar-refractivity contribution < 1.29 is 9.53 Å². The molecule has 2 aliphatic rings. The van der Waals surface area contributed by atoms with E-state index in [1.54, 1.807) is 0 Å². The molecule has 0 radical (unpaired) electrons. The highest BCUT2D eigenvalue weighted by atomic mass is 16.5. The number of ether oxygens (including phenoxy) is 1. The highest BCUT2D eigenvalue weighted by Gasteiger charge is 2.33. The minimum absolute atomic E-state index is 0.0448. The first-order chi connectivity index (χ1) is 10.2. The second kappa shape index (κ2) is 6.58. The number of carbonyl (C=O) groups excluding carboxylic acids is 1. The fourth-order valence-electron chi connectivity index (χ4n) is 3.26. The lowest BCUT2D eigenvalue weighted by Crippen LogP contribution is -2.54. The largest absolute Gasteiger partial charge is 0.377 e. The van der Waals surface area contributed by atoms with Gasteiger partial charge < -0.3 is 15.0 Å². The quantitative estimate of drug-likeness (QED) is 0.920. The van der Waals surface area contributed by atoms with Gasteiger partial charge >= 0.3 is 0 Å². The van der Waals surface area contributed by atoms with Gasteiger partial charge in [0.2, 0.25) is 5.91 Å². The summed E-state index contributed by atoms with van der Waals surface area (Å²) in [4.78, 5) is 14.6. The summed E-state index contributed by atoms with van der Waals surface area (Å²) < 4.78 is 5.58. The molecule has 2 aliphatic heterocycles. The number of rotatable bonds is 4. The summed E-state index contributed by atoms with van der Waals surface area (Å²) in [6.45, 7) is 4.46. The number of hydrogen-bond donors (Lipinski definition) is 1. The number of carbonyl (C=O) groups is 1. The molecular formula is C17H24N2O2. The van der Waals surface area contributed by atoms with Crippen LogP contribution in [-0.2, 0) is 16.1 Å². The van der Waals surface area contributed by atoms with E-state index in [1.807, 2.05) is 23.1 Å². The van der Waals surface area contributed by atoms with Gasteiger partial charge in [0.05, 0.1) is 12.1 Å². The molecule has 1 aromatic carbocycles. The van der Waals surface area contributed by atoms with Crippen LogP contribution < -0.4 is 5.32 Å². The molecule has 2 fully saturated rings. The zero-order chi connectivity index (χ0) is 14.7. The van der Waals surface area contributed by atoms with Crippen molar-refractivity contribution >= 4 is 5.91 Å². The molecule has 4 nitrogen and oxygen atoms in total. The van der Waals surface area contributed by atoms with Gasteiger partial charge in [0.25, 0.3) is 0 Å². The van der Waals surface area contributed by atoms with E-state index in [4.69, 9.17) is 4.74 Å². The lowest BCUT2D eigenvalue weighted by Gasteiger charge is -2.34. The third kappa shape index (κ3) is 3.44. The SMILES string of the molecule is C[C@@H]1OCC[C@@H]1N[C@@H]1CCCN(Cc2ccccc2)C1=O. The smallest absolute Gasteiger partial charge is 0.240 e. The first-order valence-electron chi connectivity index (χ1n) is 7.94. The number of likely N-dealkylation sites (tertiary alicyclic amines) is 1. The molecule has 1 aromatic rings. The van der Waals surface area contributed by atoms with Crippen LogP contribution in [0.3, 0.4) is 0 Å². The Bertz CT molecular complexity index is 477. The van der Waals surface area contributed by atoms with Gasteiger partial charge in [-0.3, -0.25) is 4.79 Å². The molecule has 1 amide bonds. The van der Waals surface area contributed by atoms with E-state index in [0.29, 0.717) is 12.6 Å².